The number of benzene rings is 1. The van der Waals surface area contributed by atoms with E-state index >= 15 is 0 Å². The summed E-state index contributed by atoms with van der Waals surface area (Å²) < 4.78 is 0. The molecule has 94 valence electrons. The maximum absolute atomic E-state index is 12.4. The molecule has 0 aliphatic heterocycles. The van der Waals surface area contributed by atoms with Gasteiger partial charge in [0.05, 0.1) is 6.07 Å². The lowest BCUT2D eigenvalue weighted by Crippen LogP contribution is -2.39. The first kappa shape index (κ1) is 12.9. The Morgan fingerprint density at radius 1 is 1.44 bits per heavy atom. The number of halogens is 1. The topological polar surface area (TPSA) is 44.1 Å². The predicted octanol–water partition coefficient (Wildman–Crippen LogP) is 3.25. The van der Waals surface area contributed by atoms with Crippen LogP contribution in [0.2, 0.25) is 5.02 Å². The van der Waals surface area contributed by atoms with E-state index in [0.29, 0.717) is 10.6 Å². The summed E-state index contributed by atoms with van der Waals surface area (Å²) in [6, 6.07) is 9.18. The van der Waals surface area contributed by atoms with Crippen molar-refractivity contribution in [1.29, 1.82) is 5.26 Å². The predicted molar refractivity (Wildman–Crippen MR) is 70.4 cm³/mol. The van der Waals surface area contributed by atoms with Crippen molar-refractivity contribution >= 4 is 17.5 Å². The van der Waals surface area contributed by atoms with Crippen LogP contribution in [0.3, 0.4) is 0 Å². The number of carbonyl (C=O) groups excluding carboxylic acids is 1. The Kier molecular flexibility index (Phi) is 4.22. The van der Waals surface area contributed by atoms with Crippen LogP contribution < -0.4 is 0 Å². The Morgan fingerprint density at radius 3 is 2.78 bits per heavy atom. The summed E-state index contributed by atoms with van der Waals surface area (Å²) in [5, 5.41) is 9.42. The first-order valence-corrected chi connectivity index (χ1v) is 6.53. The van der Waals surface area contributed by atoms with Gasteiger partial charge in [0.15, 0.2) is 0 Å². The van der Waals surface area contributed by atoms with E-state index in [2.05, 4.69) is 6.07 Å². The van der Waals surface area contributed by atoms with E-state index < -0.39 is 0 Å². The molecule has 3 nitrogen and oxygen atoms in total. The third kappa shape index (κ3) is 2.83. The summed E-state index contributed by atoms with van der Waals surface area (Å²) in [7, 11) is 0. The second-order valence-corrected chi connectivity index (χ2v) is 4.98. The minimum atomic E-state index is -0.0917. The minimum absolute atomic E-state index is 0.0917. The van der Waals surface area contributed by atoms with Crippen molar-refractivity contribution < 1.29 is 4.79 Å². The number of hydrogen-bond donors (Lipinski definition) is 0. The van der Waals surface area contributed by atoms with Crippen molar-refractivity contribution in [3.8, 4) is 6.07 Å². The molecule has 2 rings (SSSR count). The number of amides is 1. The molecule has 1 aliphatic carbocycles. The number of nitrogens with zero attached hydrogens (tertiary/aromatic N) is 2. The Labute approximate surface area is 112 Å². The summed E-state index contributed by atoms with van der Waals surface area (Å²) >= 11 is 5.89. The molecule has 0 aromatic heterocycles. The van der Waals surface area contributed by atoms with Gasteiger partial charge in [-0.3, -0.25) is 4.79 Å². The zero-order valence-corrected chi connectivity index (χ0v) is 10.9. The van der Waals surface area contributed by atoms with Gasteiger partial charge >= 0.3 is 0 Å². The molecule has 0 N–H and O–H groups in total. The first-order valence-electron chi connectivity index (χ1n) is 6.16. The molecule has 1 aromatic carbocycles. The van der Waals surface area contributed by atoms with E-state index in [0.717, 1.165) is 25.7 Å². The Balaban J connectivity index is 2.20. The molecule has 1 saturated carbocycles. The molecule has 1 aliphatic rings. The molecule has 18 heavy (non-hydrogen) atoms. The molecule has 0 atom stereocenters. The fourth-order valence-corrected chi connectivity index (χ4v) is 2.64. The summed E-state index contributed by atoms with van der Waals surface area (Å²) in [5.41, 5.74) is 0.560. The largest absolute Gasteiger partial charge is 0.322 e. The zero-order chi connectivity index (χ0) is 13.0. The molecule has 0 heterocycles. The smallest absolute Gasteiger partial charge is 0.255 e. The van der Waals surface area contributed by atoms with Gasteiger partial charge in [0.2, 0.25) is 0 Å². The maximum atomic E-state index is 12.4. The van der Waals surface area contributed by atoms with Gasteiger partial charge in [-0.1, -0.05) is 30.5 Å². The van der Waals surface area contributed by atoms with E-state index in [9.17, 15) is 4.79 Å². The summed E-state index contributed by atoms with van der Waals surface area (Å²) in [5.74, 6) is -0.0917. The Bertz CT molecular complexity index is 475. The fraction of sp³-hybridized carbons (Fsp3) is 0.429. The molecule has 0 spiro atoms. The van der Waals surface area contributed by atoms with Crippen molar-refractivity contribution in [2.24, 2.45) is 0 Å². The molecular weight excluding hydrogens is 248 g/mol. The fourth-order valence-electron chi connectivity index (χ4n) is 2.45. The van der Waals surface area contributed by atoms with Crippen LogP contribution in [-0.2, 0) is 0 Å². The highest BCUT2D eigenvalue weighted by Crippen LogP contribution is 2.25. The molecule has 1 fully saturated rings. The summed E-state index contributed by atoms with van der Waals surface area (Å²) in [6.07, 6.45) is 4.26. The number of hydrogen-bond acceptors (Lipinski definition) is 2. The molecule has 0 radical (unpaired) electrons. The average Bonchev–Trinajstić information content (AvgIpc) is 2.89. The second kappa shape index (κ2) is 5.88. The van der Waals surface area contributed by atoms with Crippen LogP contribution >= 0.6 is 11.6 Å². The van der Waals surface area contributed by atoms with E-state index in [1.165, 1.54) is 0 Å². The SMILES string of the molecule is N#CCN(C(=O)c1cccc(Cl)c1)C1CCCC1. The molecule has 1 amide bonds. The van der Waals surface area contributed by atoms with Gasteiger partial charge in [-0.2, -0.15) is 5.26 Å². The number of nitriles is 1. The van der Waals surface area contributed by atoms with Crippen molar-refractivity contribution in [2.75, 3.05) is 6.54 Å². The van der Waals surface area contributed by atoms with Crippen LogP contribution in [0.1, 0.15) is 36.0 Å². The Morgan fingerprint density at radius 2 is 2.17 bits per heavy atom. The lowest BCUT2D eigenvalue weighted by molar-refractivity contribution is 0.0709. The Hall–Kier alpha value is -1.53. The van der Waals surface area contributed by atoms with Gasteiger partial charge < -0.3 is 4.90 Å². The van der Waals surface area contributed by atoms with Crippen LogP contribution in [-0.4, -0.2) is 23.4 Å². The van der Waals surface area contributed by atoms with Crippen LogP contribution in [0.15, 0.2) is 24.3 Å². The third-order valence-corrected chi connectivity index (χ3v) is 3.57. The number of carbonyl (C=O) groups is 1. The van der Waals surface area contributed by atoms with Crippen molar-refractivity contribution in [3.05, 3.63) is 34.9 Å². The molecule has 0 unspecified atom stereocenters. The van der Waals surface area contributed by atoms with Crippen LogP contribution in [0, 0.1) is 11.3 Å². The molecule has 4 heteroatoms. The highest BCUT2D eigenvalue weighted by atomic mass is 35.5. The molecule has 0 bridgehead atoms. The van der Waals surface area contributed by atoms with Gasteiger partial charge in [-0.05, 0) is 31.0 Å². The second-order valence-electron chi connectivity index (χ2n) is 4.54. The van der Waals surface area contributed by atoms with Crippen molar-refractivity contribution in [1.82, 2.24) is 4.90 Å². The van der Waals surface area contributed by atoms with Gasteiger partial charge in [0.25, 0.3) is 5.91 Å². The van der Waals surface area contributed by atoms with E-state index in [1.54, 1.807) is 29.2 Å². The van der Waals surface area contributed by atoms with E-state index in [-0.39, 0.29) is 18.5 Å². The highest BCUT2D eigenvalue weighted by Gasteiger charge is 2.27. The third-order valence-electron chi connectivity index (χ3n) is 3.34. The zero-order valence-electron chi connectivity index (χ0n) is 10.1. The van der Waals surface area contributed by atoms with E-state index in [4.69, 9.17) is 16.9 Å². The lowest BCUT2D eigenvalue weighted by Gasteiger charge is -2.26. The number of rotatable bonds is 3. The average molecular weight is 263 g/mol. The molecular formula is C14H15ClN2O. The molecule has 0 saturated heterocycles. The first-order chi connectivity index (χ1) is 8.72. The normalized spacial score (nSPS) is 15.3. The summed E-state index contributed by atoms with van der Waals surface area (Å²) in [4.78, 5) is 14.1. The van der Waals surface area contributed by atoms with Gasteiger partial charge in [-0.25, -0.2) is 0 Å². The van der Waals surface area contributed by atoms with Crippen LogP contribution in [0.25, 0.3) is 0 Å². The quantitative estimate of drug-likeness (QED) is 0.785. The van der Waals surface area contributed by atoms with Crippen molar-refractivity contribution in [2.45, 2.75) is 31.7 Å². The maximum Gasteiger partial charge on any atom is 0.255 e. The molecule has 1 aromatic rings. The summed E-state index contributed by atoms with van der Waals surface area (Å²) in [6.45, 7) is 0.149. The minimum Gasteiger partial charge on any atom is -0.322 e. The van der Waals surface area contributed by atoms with E-state index in [1.807, 2.05) is 0 Å². The van der Waals surface area contributed by atoms with Gasteiger partial charge in [0, 0.05) is 16.6 Å². The van der Waals surface area contributed by atoms with Crippen molar-refractivity contribution in [3.63, 3.8) is 0 Å². The highest BCUT2D eigenvalue weighted by molar-refractivity contribution is 6.30. The van der Waals surface area contributed by atoms with Crippen LogP contribution in [0.5, 0.6) is 0 Å². The standard InChI is InChI=1S/C14H15ClN2O/c15-12-5-3-4-11(10-12)14(18)17(9-8-16)13-6-1-2-7-13/h3-5,10,13H,1-2,6-7,9H2. The van der Waals surface area contributed by atoms with Gasteiger partial charge in [0.1, 0.15) is 6.54 Å². The van der Waals surface area contributed by atoms with Gasteiger partial charge in [-0.15, -0.1) is 0 Å². The lowest BCUT2D eigenvalue weighted by atomic mass is 10.1. The van der Waals surface area contributed by atoms with Crippen LogP contribution in [0.4, 0.5) is 0 Å². The monoisotopic (exact) mass is 262 g/mol.